The second-order valence-electron chi connectivity index (χ2n) is 3.48. The van der Waals surface area contributed by atoms with Crippen LogP contribution in [0.5, 0.6) is 5.75 Å². The monoisotopic (exact) mass is 264 g/mol. The molecule has 0 aromatic heterocycles. The van der Waals surface area contributed by atoms with E-state index < -0.39 is 4.92 Å². The zero-order valence-corrected chi connectivity index (χ0v) is 10.00. The van der Waals surface area contributed by atoms with Crippen molar-refractivity contribution in [2.24, 2.45) is 0 Å². The van der Waals surface area contributed by atoms with Crippen molar-refractivity contribution in [3.05, 3.63) is 46.5 Å². The van der Waals surface area contributed by atoms with E-state index in [2.05, 4.69) is 11.9 Å². The van der Waals surface area contributed by atoms with Gasteiger partial charge in [-0.1, -0.05) is 6.08 Å². The van der Waals surface area contributed by atoms with Crippen LogP contribution in [0.25, 0.3) is 0 Å². The summed E-state index contributed by atoms with van der Waals surface area (Å²) in [5, 5.41) is 13.0. The first-order valence-corrected chi connectivity index (χ1v) is 5.32. The highest BCUT2D eigenvalue weighted by atomic mass is 16.6. The molecule has 1 amide bonds. The number of carbonyl (C=O) groups excluding carboxylic acids is 2. The Balaban J connectivity index is 2.73. The molecule has 0 spiro atoms. The summed E-state index contributed by atoms with van der Waals surface area (Å²) >= 11 is 0. The van der Waals surface area contributed by atoms with Crippen molar-refractivity contribution in [3.8, 4) is 5.75 Å². The first-order chi connectivity index (χ1) is 9.08. The minimum absolute atomic E-state index is 0.0192. The third-order valence-electron chi connectivity index (χ3n) is 2.13. The van der Waals surface area contributed by atoms with Crippen LogP contribution >= 0.6 is 0 Å². The molecule has 0 fully saturated rings. The molecule has 0 aliphatic carbocycles. The topological polar surface area (TPSA) is 98.5 Å². The molecule has 0 heterocycles. The average molecular weight is 264 g/mol. The normalized spacial score (nSPS) is 9.47. The highest BCUT2D eigenvalue weighted by molar-refractivity contribution is 5.82. The van der Waals surface area contributed by atoms with Gasteiger partial charge in [0.2, 0.25) is 0 Å². The third-order valence-corrected chi connectivity index (χ3v) is 2.13. The largest absolute Gasteiger partial charge is 0.483 e. The molecule has 0 atom stereocenters. The fourth-order valence-electron chi connectivity index (χ4n) is 1.25. The summed E-state index contributed by atoms with van der Waals surface area (Å²) in [6, 6.07) is 3.57. The lowest BCUT2D eigenvalue weighted by Crippen LogP contribution is -2.28. The molecule has 7 heteroatoms. The molecule has 1 aromatic rings. The van der Waals surface area contributed by atoms with Crippen molar-refractivity contribution in [3.63, 3.8) is 0 Å². The second-order valence-corrected chi connectivity index (χ2v) is 3.48. The maximum Gasteiger partial charge on any atom is 0.270 e. The van der Waals surface area contributed by atoms with Crippen molar-refractivity contribution < 1.29 is 19.2 Å². The second kappa shape index (κ2) is 6.90. The van der Waals surface area contributed by atoms with Crippen LogP contribution in [-0.2, 0) is 4.79 Å². The number of nitrogens with one attached hydrogen (secondary N) is 1. The van der Waals surface area contributed by atoms with E-state index >= 15 is 0 Å². The predicted octanol–water partition coefficient (Wildman–Crippen LogP) is 1.09. The number of amides is 1. The smallest absolute Gasteiger partial charge is 0.270 e. The highest BCUT2D eigenvalue weighted by Gasteiger charge is 2.12. The molecule has 1 aromatic carbocycles. The van der Waals surface area contributed by atoms with E-state index in [0.717, 1.165) is 6.07 Å². The summed E-state index contributed by atoms with van der Waals surface area (Å²) in [5.41, 5.74) is -0.198. The summed E-state index contributed by atoms with van der Waals surface area (Å²) in [7, 11) is 0. The summed E-state index contributed by atoms with van der Waals surface area (Å²) in [6.45, 7) is 3.46. The van der Waals surface area contributed by atoms with E-state index in [1.165, 1.54) is 18.2 Å². The Bertz CT molecular complexity index is 513. The van der Waals surface area contributed by atoms with E-state index in [-0.39, 0.29) is 29.5 Å². The number of aldehydes is 1. The zero-order chi connectivity index (χ0) is 14.3. The van der Waals surface area contributed by atoms with Gasteiger partial charge in [0.1, 0.15) is 5.75 Å². The molecule has 0 saturated heterocycles. The van der Waals surface area contributed by atoms with Crippen LogP contribution in [0.4, 0.5) is 5.69 Å². The molecular weight excluding hydrogens is 252 g/mol. The Hall–Kier alpha value is -2.70. The van der Waals surface area contributed by atoms with Crippen molar-refractivity contribution >= 4 is 17.9 Å². The van der Waals surface area contributed by atoms with Gasteiger partial charge in [-0.25, -0.2) is 0 Å². The fourth-order valence-corrected chi connectivity index (χ4v) is 1.25. The Labute approximate surface area is 109 Å². The lowest BCUT2D eigenvalue weighted by Gasteiger charge is -2.07. The highest BCUT2D eigenvalue weighted by Crippen LogP contribution is 2.22. The molecule has 7 nitrogen and oxygen atoms in total. The molecule has 0 aliphatic heterocycles. The molecule has 19 heavy (non-hydrogen) atoms. The quantitative estimate of drug-likeness (QED) is 0.344. The fraction of sp³-hybridized carbons (Fsp3) is 0.167. The summed E-state index contributed by atoms with van der Waals surface area (Å²) in [5.74, 6) is -0.260. The van der Waals surface area contributed by atoms with Crippen LogP contribution in [0, 0.1) is 10.1 Å². The minimum Gasteiger partial charge on any atom is -0.483 e. The van der Waals surface area contributed by atoms with Crippen molar-refractivity contribution in [1.82, 2.24) is 5.32 Å². The lowest BCUT2D eigenvalue weighted by molar-refractivity contribution is -0.384. The third kappa shape index (κ3) is 4.23. The summed E-state index contributed by atoms with van der Waals surface area (Å²) in [6.07, 6.45) is 1.95. The van der Waals surface area contributed by atoms with Gasteiger partial charge in [-0.3, -0.25) is 19.7 Å². The van der Waals surface area contributed by atoms with Crippen molar-refractivity contribution in [2.45, 2.75) is 0 Å². The first-order valence-electron chi connectivity index (χ1n) is 5.32. The summed E-state index contributed by atoms with van der Waals surface area (Å²) < 4.78 is 5.12. The van der Waals surface area contributed by atoms with Crippen molar-refractivity contribution in [2.75, 3.05) is 13.2 Å². The summed E-state index contributed by atoms with van der Waals surface area (Å²) in [4.78, 5) is 32.0. The van der Waals surface area contributed by atoms with Gasteiger partial charge in [0.05, 0.1) is 10.5 Å². The molecule has 1 rings (SSSR count). The molecule has 1 N–H and O–H groups in total. The molecular formula is C12H12N2O5. The average Bonchev–Trinajstić information content (AvgIpc) is 2.42. The van der Waals surface area contributed by atoms with Crippen LogP contribution in [0.1, 0.15) is 10.4 Å². The van der Waals surface area contributed by atoms with Gasteiger partial charge < -0.3 is 10.1 Å². The van der Waals surface area contributed by atoms with Crippen LogP contribution in [0.15, 0.2) is 30.9 Å². The lowest BCUT2D eigenvalue weighted by atomic mass is 10.2. The Kier molecular flexibility index (Phi) is 5.21. The van der Waals surface area contributed by atoms with Crippen molar-refractivity contribution in [1.29, 1.82) is 0 Å². The molecule has 0 radical (unpaired) electrons. The van der Waals surface area contributed by atoms with E-state index in [1.54, 1.807) is 0 Å². The molecule has 0 aliphatic rings. The first kappa shape index (κ1) is 14.4. The molecule has 0 saturated carbocycles. The molecule has 0 unspecified atom stereocenters. The SMILES string of the molecule is C=CCNC(=O)COc1ccc([N+](=O)[O-])cc1C=O. The minimum atomic E-state index is -0.617. The standard InChI is InChI=1S/C12H12N2O5/c1-2-5-13-12(16)8-19-11-4-3-10(14(17)18)6-9(11)7-15/h2-4,6-7H,1,5,8H2,(H,13,16). The number of nitro groups is 1. The number of carbonyl (C=O) groups is 2. The number of benzene rings is 1. The molecule has 100 valence electrons. The maximum absolute atomic E-state index is 11.3. The number of ether oxygens (including phenoxy) is 1. The van der Waals surface area contributed by atoms with Gasteiger partial charge in [0, 0.05) is 18.7 Å². The maximum atomic E-state index is 11.3. The van der Waals surface area contributed by atoms with Crippen LogP contribution in [0.2, 0.25) is 0 Å². The van der Waals surface area contributed by atoms with Gasteiger partial charge in [-0.2, -0.15) is 0 Å². The number of nitro benzene ring substituents is 1. The van der Waals surface area contributed by atoms with E-state index in [9.17, 15) is 19.7 Å². The van der Waals surface area contributed by atoms with E-state index in [1.807, 2.05) is 0 Å². The van der Waals surface area contributed by atoms with Gasteiger partial charge in [0.25, 0.3) is 11.6 Å². The van der Waals surface area contributed by atoms with Crippen LogP contribution in [0.3, 0.4) is 0 Å². The van der Waals surface area contributed by atoms with Crippen LogP contribution in [-0.4, -0.2) is 30.3 Å². The number of nitrogens with zero attached hydrogens (tertiary/aromatic N) is 1. The van der Waals surface area contributed by atoms with Gasteiger partial charge >= 0.3 is 0 Å². The Morgan fingerprint density at radius 3 is 2.84 bits per heavy atom. The Morgan fingerprint density at radius 2 is 2.26 bits per heavy atom. The Morgan fingerprint density at radius 1 is 1.53 bits per heavy atom. The van der Waals surface area contributed by atoms with E-state index in [4.69, 9.17) is 4.74 Å². The number of non-ortho nitro benzene ring substituents is 1. The van der Waals surface area contributed by atoms with E-state index in [0.29, 0.717) is 12.8 Å². The predicted molar refractivity (Wildman–Crippen MR) is 67.2 cm³/mol. The number of hydrogen-bond acceptors (Lipinski definition) is 5. The van der Waals surface area contributed by atoms with Crippen LogP contribution < -0.4 is 10.1 Å². The number of rotatable bonds is 7. The molecule has 0 bridgehead atoms. The van der Waals surface area contributed by atoms with Gasteiger partial charge in [0.15, 0.2) is 12.9 Å². The number of hydrogen-bond donors (Lipinski definition) is 1. The zero-order valence-electron chi connectivity index (χ0n) is 10.00. The van der Waals surface area contributed by atoms with Gasteiger partial charge in [-0.05, 0) is 6.07 Å². The van der Waals surface area contributed by atoms with Gasteiger partial charge in [-0.15, -0.1) is 6.58 Å².